The minimum Gasteiger partial charge on any atom is -0.482 e. The van der Waals surface area contributed by atoms with Crippen LogP contribution < -0.4 is 10.4 Å². The highest BCUT2D eigenvalue weighted by Crippen LogP contribution is 2.58. The van der Waals surface area contributed by atoms with Crippen LogP contribution in [-0.4, -0.2) is 70.7 Å². The molecule has 0 amide bonds. The number of esters is 2. The molecule has 0 radical (unpaired) electrons. The van der Waals surface area contributed by atoms with E-state index in [-0.39, 0.29) is 96.4 Å². The Bertz CT molecular complexity index is 3330. The molecule has 12 heteroatoms. The normalized spacial score (nSPS) is 30.0. The van der Waals surface area contributed by atoms with E-state index < -0.39 is 54.7 Å². The van der Waals surface area contributed by atoms with Crippen molar-refractivity contribution in [3.63, 3.8) is 0 Å². The third-order valence-corrected chi connectivity index (χ3v) is 19.6. The summed E-state index contributed by atoms with van der Waals surface area (Å²) in [5.74, 6) is -1.69. The molecule has 11 atom stereocenters. The van der Waals surface area contributed by atoms with Gasteiger partial charge in [0.05, 0.1) is 25.4 Å². The SMILES string of the molecule is CC(CO)=C1CCc2ccc(cc2)C2C=CC(c3cccc(C45CCCCC4C=Cc4ccccc45)c3)CC2CC(=O)OC2c3c(ccc4c(CO)c(C(CCO)COCO)c(=O)oc34)OC3(CC=CC4CCCCC43)C2OC1=O. The van der Waals surface area contributed by atoms with Crippen LogP contribution in [0.15, 0.2) is 136 Å². The molecular formula is C68H74O12. The van der Waals surface area contributed by atoms with Crippen molar-refractivity contribution in [2.75, 3.05) is 26.6 Å². The zero-order chi connectivity index (χ0) is 55.1. The number of aliphatic hydroxyl groups excluding tert-OH is 4. The minimum atomic E-state index is -1.36. The van der Waals surface area contributed by atoms with E-state index in [1.165, 1.54) is 28.7 Å². The Kier molecular flexibility index (Phi) is 15.5. The number of rotatable bonds is 10. The summed E-state index contributed by atoms with van der Waals surface area (Å²) in [6.07, 6.45) is 21.0. The number of hydrogen-bond acceptors (Lipinski definition) is 12. The molecule has 80 heavy (non-hydrogen) atoms. The summed E-state index contributed by atoms with van der Waals surface area (Å²) < 4.78 is 33.1. The van der Waals surface area contributed by atoms with Crippen LogP contribution in [0.5, 0.6) is 5.75 Å². The quantitative estimate of drug-likeness (QED) is 0.0342. The molecule has 2 bridgehead atoms. The second kappa shape index (κ2) is 22.9. The van der Waals surface area contributed by atoms with Gasteiger partial charge in [-0.25, -0.2) is 9.59 Å². The number of benzene rings is 4. The molecule has 4 heterocycles. The first-order valence-electron chi connectivity index (χ1n) is 29.3. The van der Waals surface area contributed by atoms with Crippen molar-refractivity contribution in [2.24, 2.45) is 23.7 Å². The smallest absolute Gasteiger partial charge is 0.340 e. The first kappa shape index (κ1) is 54.2. The first-order valence-corrected chi connectivity index (χ1v) is 29.3. The summed E-state index contributed by atoms with van der Waals surface area (Å²) in [5, 5.41) is 41.9. The van der Waals surface area contributed by atoms with Gasteiger partial charge in [-0.3, -0.25) is 4.79 Å². The average Bonchev–Trinajstić information content (AvgIpc) is 3.45. The van der Waals surface area contributed by atoms with Crippen molar-refractivity contribution in [3.05, 3.63) is 187 Å². The molecule has 3 aliphatic heterocycles. The van der Waals surface area contributed by atoms with Gasteiger partial charge in [-0.2, -0.15) is 0 Å². The molecule has 2 fully saturated rings. The van der Waals surface area contributed by atoms with Crippen molar-refractivity contribution in [3.8, 4) is 5.75 Å². The molecule has 13 rings (SSSR count). The van der Waals surface area contributed by atoms with Gasteiger partial charge in [0.25, 0.3) is 0 Å². The fourth-order valence-electron chi connectivity index (χ4n) is 15.7. The van der Waals surface area contributed by atoms with Crippen LogP contribution in [0.3, 0.4) is 0 Å². The highest BCUT2D eigenvalue weighted by atomic mass is 16.6. The summed E-state index contributed by atoms with van der Waals surface area (Å²) >= 11 is 0. The molecule has 4 aromatic carbocycles. The third kappa shape index (κ3) is 9.62. The number of ether oxygens (including phenoxy) is 4. The Morgan fingerprint density at radius 1 is 0.825 bits per heavy atom. The van der Waals surface area contributed by atoms with Crippen LogP contribution in [0.2, 0.25) is 0 Å². The van der Waals surface area contributed by atoms with Crippen LogP contribution in [0.4, 0.5) is 0 Å². The van der Waals surface area contributed by atoms with Crippen molar-refractivity contribution < 1.29 is 53.4 Å². The number of aryl methyl sites for hydroxylation is 1. The van der Waals surface area contributed by atoms with Crippen molar-refractivity contribution in [1.82, 2.24) is 0 Å². The number of aliphatic hydroxyl groups is 4. The molecule has 5 aliphatic carbocycles. The molecule has 8 aliphatic rings. The van der Waals surface area contributed by atoms with E-state index in [0.717, 1.165) is 56.1 Å². The summed E-state index contributed by atoms with van der Waals surface area (Å²) in [4.78, 5) is 45.4. The first-order chi connectivity index (χ1) is 39.1. The maximum absolute atomic E-state index is 15.6. The van der Waals surface area contributed by atoms with E-state index in [2.05, 4.69) is 109 Å². The second-order valence-electron chi connectivity index (χ2n) is 23.8. The molecule has 1 spiro atoms. The van der Waals surface area contributed by atoms with Crippen molar-refractivity contribution in [2.45, 2.75) is 144 Å². The molecule has 11 unspecified atom stereocenters. The van der Waals surface area contributed by atoms with Crippen molar-refractivity contribution >= 4 is 29.0 Å². The topological polar surface area (TPSA) is 182 Å². The van der Waals surface area contributed by atoms with E-state index in [1.807, 2.05) is 0 Å². The maximum atomic E-state index is 15.6. The Balaban J connectivity index is 0.994. The van der Waals surface area contributed by atoms with Crippen LogP contribution in [0.25, 0.3) is 17.0 Å². The zero-order valence-corrected chi connectivity index (χ0v) is 45.7. The number of allylic oxidation sites excluding steroid dienone is 4. The molecule has 12 nitrogen and oxygen atoms in total. The minimum absolute atomic E-state index is 0.00661. The zero-order valence-electron chi connectivity index (χ0n) is 45.7. The van der Waals surface area contributed by atoms with Gasteiger partial charge in [0.2, 0.25) is 0 Å². The van der Waals surface area contributed by atoms with Gasteiger partial charge in [-0.05, 0) is 133 Å². The van der Waals surface area contributed by atoms with Gasteiger partial charge in [-0.1, -0.05) is 135 Å². The molecule has 5 aromatic rings. The summed E-state index contributed by atoms with van der Waals surface area (Å²) in [6.45, 7) is -0.299. The molecule has 1 aromatic heterocycles. The van der Waals surface area contributed by atoms with Gasteiger partial charge < -0.3 is 43.8 Å². The summed E-state index contributed by atoms with van der Waals surface area (Å²) in [5.41, 5.74) is 6.41. The van der Waals surface area contributed by atoms with Crippen LogP contribution in [-0.2, 0) is 42.2 Å². The van der Waals surface area contributed by atoms with Crippen LogP contribution in [0, 0.1) is 23.7 Å². The molecular weight excluding hydrogens is 1010 g/mol. The number of carbonyl (C=O) groups excluding carboxylic acids is 2. The van der Waals surface area contributed by atoms with E-state index in [9.17, 15) is 25.2 Å². The fourth-order valence-corrected chi connectivity index (χ4v) is 15.7. The Labute approximate surface area is 467 Å². The van der Waals surface area contributed by atoms with Gasteiger partial charge in [0.1, 0.15) is 18.1 Å². The lowest BCUT2D eigenvalue weighted by atomic mass is 9.56. The van der Waals surface area contributed by atoms with Crippen LogP contribution >= 0.6 is 0 Å². The monoisotopic (exact) mass is 1080 g/mol. The molecule has 418 valence electrons. The number of carbonyl (C=O) groups is 2. The van der Waals surface area contributed by atoms with Crippen LogP contribution in [0.1, 0.15) is 164 Å². The average molecular weight is 1080 g/mol. The highest BCUT2D eigenvalue weighted by Gasteiger charge is 2.61. The Hall–Kier alpha value is -6.41. The Morgan fingerprint density at radius 2 is 1.66 bits per heavy atom. The number of hydrogen-bond donors (Lipinski definition) is 4. The lowest BCUT2D eigenvalue weighted by Crippen LogP contribution is -2.62. The predicted molar refractivity (Wildman–Crippen MR) is 304 cm³/mol. The number of fused-ring (bicyclic) bond motifs is 16. The van der Waals surface area contributed by atoms with E-state index >= 15 is 9.59 Å². The second-order valence-corrected chi connectivity index (χ2v) is 23.8. The summed E-state index contributed by atoms with van der Waals surface area (Å²) in [7, 11) is 0. The molecule has 4 N–H and O–H groups in total. The highest BCUT2D eigenvalue weighted by molar-refractivity contribution is 5.90. The molecule has 2 saturated carbocycles. The largest absolute Gasteiger partial charge is 0.482 e. The lowest BCUT2D eigenvalue weighted by Gasteiger charge is -2.54. The standard InChI is InChI=1S/C68H74O12/c1-41(37-70)52-26-20-42-18-21-43(22-19-42)53-27-24-47(46-12-8-15-51(35-46)67-31-7-6-14-50(67)25-23-45-11-2-4-16-56(45)67)34-49(53)36-59(73)77-63-61-58(80-68(64(63)79-65(52)74)32-9-13-44-10-3-5-17-57(44)68)29-28-54-55(38-71)60(66(75)78-62(54)61)48(30-33-69)39-76-40-72/h2,4,8-9,11-13,15-16,18-19,21-25,27-29,35,44,47-50,53,57,63-64,69-72H,3,5-7,10,14,17,20,26,30-34,36-40H2,1H3. The fraction of sp³-hybridized carbons (Fsp3) is 0.456. The van der Waals surface area contributed by atoms with Gasteiger partial charge in [-0.15, -0.1) is 0 Å². The predicted octanol–water partition coefficient (Wildman–Crippen LogP) is 11.4. The van der Waals surface area contributed by atoms with Gasteiger partial charge in [0, 0.05) is 65.1 Å². The Morgan fingerprint density at radius 3 is 2.49 bits per heavy atom. The van der Waals surface area contributed by atoms with E-state index in [4.69, 9.17) is 23.4 Å². The van der Waals surface area contributed by atoms with E-state index in [0.29, 0.717) is 47.5 Å². The van der Waals surface area contributed by atoms with Gasteiger partial charge >= 0.3 is 17.6 Å². The lowest BCUT2D eigenvalue weighted by molar-refractivity contribution is -0.208. The van der Waals surface area contributed by atoms with Crippen molar-refractivity contribution in [1.29, 1.82) is 0 Å². The van der Waals surface area contributed by atoms with Gasteiger partial charge in [0.15, 0.2) is 17.8 Å². The maximum Gasteiger partial charge on any atom is 0.340 e. The van der Waals surface area contributed by atoms with E-state index in [1.54, 1.807) is 19.1 Å². The molecule has 0 saturated heterocycles. The summed E-state index contributed by atoms with van der Waals surface area (Å²) in [6, 6.07) is 30.0. The third-order valence-electron chi connectivity index (χ3n) is 19.6.